The molecule has 0 saturated carbocycles. The largest absolute Gasteiger partial charge is 0.495 e. The second kappa shape index (κ2) is 7.12. The van der Waals surface area contributed by atoms with Gasteiger partial charge in [0.2, 0.25) is 0 Å². The molecule has 2 N–H and O–H groups in total. The summed E-state index contributed by atoms with van der Waals surface area (Å²) in [4.78, 5) is 11.3. The zero-order chi connectivity index (χ0) is 16.9. The molecule has 122 valence electrons. The lowest BCUT2D eigenvalue weighted by atomic mass is 10.2. The molecule has 0 unspecified atom stereocenters. The van der Waals surface area contributed by atoms with Crippen LogP contribution in [0, 0.1) is 0 Å². The first-order valence-corrected chi connectivity index (χ1v) is 7.97. The maximum absolute atomic E-state index is 11.7. The van der Waals surface area contributed by atoms with Crippen molar-refractivity contribution in [3.8, 4) is 5.75 Å². The van der Waals surface area contributed by atoms with Gasteiger partial charge in [-0.05, 0) is 23.8 Å². The zero-order valence-electron chi connectivity index (χ0n) is 12.2. The number of hydrogen-bond donors (Lipinski definition) is 2. The van der Waals surface area contributed by atoms with Gasteiger partial charge >= 0.3 is 6.09 Å². The van der Waals surface area contributed by atoms with E-state index in [0.29, 0.717) is 0 Å². The van der Waals surface area contributed by atoms with Crippen LogP contribution in [0.5, 0.6) is 5.75 Å². The van der Waals surface area contributed by atoms with Crippen molar-refractivity contribution in [1.29, 1.82) is 0 Å². The molecule has 0 saturated heterocycles. The van der Waals surface area contributed by atoms with E-state index in [0.717, 1.165) is 11.6 Å². The highest BCUT2D eigenvalue weighted by molar-refractivity contribution is 7.86. The Morgan fingerprint density at radius 2 is 1.87 bits per heavy atom. The number of methoxy groups -OCH3 is 1. The van der Waals surface area contributed by atoms with E-state index in [1.165, 1.54) is 19.2 Å². The van der Waals surface area contributed by atoms with E-state index < -0.39 is 21.1 Å². The maximum Gasteiger partial charge on any atom is 0.411 e. The lowest BCUT2D eigenvalue weighted by Gasteiger charge is -2.10. The third kappa shape index (κ3) is 4.70. The van der Waals surface area contributed by atoms with Crippen molar-refractivity contribution in [3.05, 3.63) is 54.1 Å². The highest BCUT2D eigenvalue weighted by Crippen LogP contribution is 2.26. The van der Waals surface area contributed by atoms with E-state index in [9.17, 15) is 13.2 Å². The molecule has 0 radical (unpaired) electrons. The van der Waals surface area contributed by atoms with Crippen LogP contribution in [-0.2, 0) is 21.5 Å². The highest BCUT2D eigenvalue weighted by atomic mass is 32.2. The second-order valence-electron chi connectivity index (χ2n) is 4.53. The highest BCUT2D eigenvalue weighted by Gasteiger charge is 2.17. The number of hydrogen-bond acceptors (Lipinski definition) is 5. The van der Waals surface area contributed by atoms with Crippen molar-refractivity contribution < 1.29 is 27.2 Å². The van der Waals surface area contributed by atoms with Gasteiger partial charge in [-0.2, -0.15) is 8.42 Å². The molecule has 0 aliphatic rings. The predicted molar refractivity (Wildman–Crippen MR) is 83.1 cm³/mol. The molecule has 0 heterocycles. The molecule has 2 rings (SSSR count). The summed E-state index contributed by atoms with van der Waals surface area (Å²) in [5, 5.41) is 2.38. The van der Waals surface area contributed by atoms with Crippen molar-refractivity contribution in [2.75, 3.05) is 12.4 Å². The van der Waals surface area contributed by atoms with E-state index in [1.54, 1.807) is 12.1 Å². The third-order valence-corrected chi connectivity index (χ3v) is 3.78. The number of anilines is 1. The SMILES string of the molecule is COc1ccc(NC(=O)OCc2ccccc2)cc1S(=O)(=O)O. The first kappa shape index (κ1) is 16.8. The van der Waals surface area contributed by atoms with Crippen molar-refractivity contribution >= 4 is 21.9 Å². The van der Waals surface area contributed by atoms with Gasteiger partial charge in [-0.15, -0.1) is 0 Å². The number of ether oxygens (including phenoxy) is 2. The molecule has 0 bridgehead atoms. The molecular formula is C15H15NO6S. The standard InChI is InChI=1S/C15H15NO6S/c1-21-13-8-7-12(9-14(13)23(18,19)20)16-15(17)22-10-11-5-3-2-4-6-11/h2-9H,10H2,1H3,(H,16,17)(H,18,19,20). The summed E-state index contributed by atoms with van der Waals surface area (Å²) < 4.78 is 41.6. The van der Waals surface area contributed by atoms with Crippen molar-refractivity contribution in [3.63, 3.8) is 0 Å². The minimum absolute atomic E-state index is 0.0318. The van der Waals surface area contributed by atoms with Gasteiger partial charge in [-0.1, -0.05) is 30.3 Å². The van der Waals surface area contributed by atoms with Crippen LogP contribution in [0.2, 0.25) is 0 Å². The summed E-state index contributed by atoms with van der Waals surface area (Å²) in [6.07, 6.45) is -0.750. The van der Waals surface area contributed by atoms with Gasteiger partial charge in [0.25, 0.3) is 10.1 Å². The molecule has 1 amide bonds. The number of carbonyl (C=O) groups is 1. The van der Waals surface area contributed by atoms with Gasteiger partial charge < -0.3 is 9.47 Å². The molecule has 8 heteroatoms. The maximum atomic E-state index is 11.7. The van der Waals surface area contributed by atoms with Crippen LogP contribution in [0.15, 0.2) is 53.4 Å². The lowest BCUT2D eigenvalue weighted by Crippen LogP contribution is -2.14. The minimum atomic E-state index is -4.48. The number of amides is 1. The Morgan fingerprint density at radius 1 is 1.17 bits per heavy atom. The summed E-state index contributed by atoms with van der Waals surface area (Å²) in [6, 6.07) is 12.9. The summed E-state index contributed by atoms with van der Waals surface area (Å²) in [6.45, 7) is 0.0774. The fraction of sp³-hybridized carbons (Fsp3) is 0.133. The molecule has 7 nitrogen and oxygen atoms in total. The van der Waals surface area contributed by atoms with Crippen LogP contribution in [0.3, 0.4) is 0 Å². The molecule has 0 fully saturated rings. The fourth-order valence-electron chi connectivity index (χ4n) is 1.83. The molecule has 0 aromatic heterocycles. The molecule has 0 atom stereocenters. The molecule has 0 aliphatic carbocycles. The van der Waals surface area contributed by atoms with Gasteiger partial charge in [-0.3, -0.25) is 9.87 Å². The van der Waals surface area contributed by atoms with Crippen LogP contribution < -0.4 is 10.1 Å². The van der Waals surface area contributed by atoms with Gasteiger partial charge in [-0.25, -0.2) is 4.79 Å². The summed E-state index contributed by atoms with van der Waals surface area (Å²) in [5.41, 5.74) is 0.965. The Kier molecular flexibility index (Phi) is 5.20. The molecule has 2 aromatic rings. The van der Waals surface area contributed by atoms with Crippen molar-refractivity contribution in [2.24, 2.45) is 0 Å². The number of benzene rings is 2. The fourth-order valence-corrected chi connectivity index (χ4v) is 2.51. The molecular weight excluding hydrogens is 322 g/mol. The topological polar surface area (TPSA) is 102 Å². The average molecular weight is 337 g/mol. The minimum Gasteiger partial charge on any atom is -0.495 e. The molecule has 23 heavy (non-hydrogen) atoms. The van der Waals surface area contributed by atoms with E-state index in [1.807, 2.05) is 18.2 Å². The van der Waals surface area contributed by atoms with E-state index in [2.05, 4.69) is 5.32 Å². The monoisotopic (exact) mass is 337 g/mol. The number of nitrogens with one attached hydrogen (secondary N) is 1. The number of rotatable bonds is 5. The first-order chi connectivity index (χ1) is 10.9. The molecule has 0 spiro atoms. The van der Waals surface area contributed by atoms with Gasteiger partial charge in [0.1, 0.15) is 17.3 Å². The third-order valence-electron chi connectivity index (χ3n) is 2.90. The molecule has 0 aliphatic heterocycles. The van der Waals surface area contributed by atoms with Crippen molar-refractivity contribution in [1.82, 2.24) is 0 Å². The van der Waals surface area contributed by atoms with Crippen LogP contribution in [0.25, 0.3) is 0 Å². The Labute approximate surface area is 133 Å². The van der Waals surface area contributed by atoms with Crippen LogP contribution in [0.1, 0.15) is 5.56 Å². The zero-order valence-corrected chi connectivity index (χ0v) is 13.0. The van der Waals surface area contributed by atoms with E-state index in [-0.39, 0.29) is 18.0 Å². The quantitative estimate of drug-likeness (QED) is 0.813. The lowest BCUT2D eigenvalue weighted by molar-refractivity contribution is 0.155. The Bertz CT molecular complexity index is 789. The smallest absolute Gasteiger partial charge is 0.411 e. The molecule has 2 aromatic carbocycles. The Balaban J connectivity index is 2.06. The average Bonchev–Trinajstić information content (AvgIpc) is 2.53. The van der Waals surface area contributed by atoms with Crippen LogP contribution >= 0.6 is 0 Å². The normalized spacial score (nSPS) is 10.9. The summed E-state index contributed by atoms with van der Waals surface area (Å²) in [5.74, 6) is -0.0318. The van der Waals surface area contributed by atoms with E-state index in [4.69, 9.17) is 14.0 Å². The summed E-state index contributed by atoms with van der Waals surface area (Å²) >= 11 is 0. The van der Waals surface area contributed by atoms with Gasteiger partial charge in [0, 0.05) is 5.69 Å². The van der Waals surface area contributed by atoms with Gasteiger partial charge in [0.15, 0.2) is 0 Å². The van der Waals surface area contributed by atoms with E-state index >= 15 is 0 Å². The predicted octanol–water partition coefficient (Wildman–Crippen LogP) is 2.69. The van der Waals surface area contributed by atoms with Crippen LogP contribution in [0.4, 0.5) is 10.5 Å². The first-order valence-electron chi connectivity index (χ1n) is 6.53. The van der Waals surface area contributed by atoms with Crippen molar-refractivity contribution in [2.45, 2.75) is 11.5 Å². The van der Waals surface area contributed by atoms with Gasteiger partial charge in [0.05, 0.1) is 7.11 Å². The van der Waals surface area contributed by atoms with Crippen LogP contribution in [-0.4, -0.2) is 26.2 Å². The Morgan fingerprint density at radius 3 is 2.48 bits per heavy atom. The summed E-state index contributed by atoms with van der Waals surface area (Å²) in [7, 11) is -3.21. The Hall–Kier alpha value is -2.58. The number of carbonyl (C=O) groups excluding carboxylic acids is 1. The second-order valence-corrected chi connectivity index (χ2v) is 5.92.